The lowest BCUT2D eigenvalue weighted by Gasteiger charge is -2.05. The predicted molar refractivity (Wildman–Crippen MR) is 100 cm³/mol. The summed E-state index contributed by atoms with van der Waals surface area (Å²) in [7, 11) is 0. The fourth-order valence-electron chi connectivity index (χ4n) is 2.40. The molecule has 3 aromatic heterocycles. The number of aromatic amines is 1. The van der Waals surface area contributed by atoms with Gasteiger partial charge in [-0.25, -0.2) is 9.97 Å². The number of imidazole rings is 1. The molecule has 0 aliphatic carbocycles. The van der Waals surface area contributed by atoms with E-state index in [4.69, 9.17) is 0 Å². The number of amides is 1. The molecule has 0 atom stereocenters. The van der Waals surface area contributed by atoms with Gasteiger partial charge in [0.25, 0.3) is 5.56 Å². The van der Waals surface area contributed by atoms with Gasteiger partial charge in [-0.15, -0.1) is 11.3 Å². The molecule has 25 heavy (non-hydrogen) atoms. The highest BCUT2D eigenvalue weighted by Crippen LogP contribution is 2.27. The van der Waals surface area contributed by atoms with Crippen molar-refractivity contribution in [1.82, 2.24) is 24.8 Å². The van der Waals surface area contributed by atoms with Crippen molar-refractivity contribution in [3.05, 3.63) is 39.5 Å². The van der Waals surface area contributed by atoms with E-state index in [-0.39, 0.29) is 17.2 Å². The monoisotopic (exact) mass is 377 g/mol. The number of aromatic nitrogens is 4. The van der Waals surface area contributed by atoms with Gasteiger partial charge in [-0.2, -0.15) is 0 Å². The summed E-state index contributed by atoms with van der Waals surface area (Å²) in [5.41, 5.74) is 0.830. The molecule has 1 amide bonds. The molecule has 0 bridgehead atoms. The second-order valence-corrected chi connectivity index (χ2v) is 7.79. The van der Waals surface area contributed by atoms with E-state index < -0.39 is 0 Å². The number of thioether (sulfide) groups is 1. The van der Waals surface area contributed by atoms with Crippen LogP contribution in [0.15, 0.2) is 28.7 Å². The summed E-state index contributed by atoms with van der Waals surface area (Å²) >= 11 is 2.75. The molecule has 0 unspecified atom stereocenters. The lowest BCUT2D eigenvalue weighted by atomic mass is 10.2. The Hall–Kier alpha value is -2.13. The van der Waals surface area contributed by atoms with Crippen LogP contribution in [0.1, 0.15) is 16.9 Å². The Morgan fingerprint density at radius 2 is 2.28 bits per heavy atom. The first-order valence-electron chi connectivity index (χ1n) is 7.90. The summed E-state index contributed by atoms with van der Waals surface area (Å²) in [6, 6.07) is 0. The number of carbonyl (C=O) groups is 1. The van der Waals surface area contributed by atoms with E-state index in [0.717, 1.165) is 28.2 Å². The molecule has 0 fully saturated rings. The van der Waals surface area contributed by atoms with E-state index >= 15 is 0 Å². The van der Waals surface area contributed by atoms with Gasteiger partial charge in [-0.1, -0.05) is 11.8 Å². The van der Waals surface area contributed by atoms with Gasteiger partial charge in [0, 0.05) is 30.4 Å². The van der Waals surface area contributed by atoms with Gasteiger partial charge in [0.2, 0.25) is 5.91 Å². The minimum absolute atomic E-state index is 0.0723. The van der Waals surface area contributed by atoms with Crippen LogP contribution in [0.4, 0.5) is 0 Å². The molecule has 0 aliphatic heterocycles. The molecule has 0 spiro atoms. The van der Waals surface area contributed by atoms with E-state index in [1.165, 1.54) is 23.1 Å². The van der Waals surface area contributed by atoms with Crippen LogP contribution in [0.5, 0.6) is 0 Å². The Labute approximate surface area is 152 Å². The van der Waals surface area contributed by atoms with Crippen LogP contribution in [0.25, 0.3) is 10.2 Å². The van der Waals surface area contributed by atoms with Gasteiger partial charge in [-0.3, -0.25) is 9.59 Å². The number of hydrogen-bond acceptors (Lipinski definition) is 6. The second-order valence-electron chi connectivity index (χ2n) is 5.63. The predicted octanol–water partition coefficient (Wildman–Crippen LogP) is 2.10. The van der Waals surface area contributed by atoms with E-state index in [1.807, 2.05) is 24.6 Å². The number of carbonyl (C=O) groups excluding carboxylic acids is 1. The molecule has 3 rings (SSSR count). The highest BCUT2D eigenvalue weighted by Gasteiger charge is 2.12. The third-order valence-electron chi connectivity index (χ3n) is 3.83. The molecule has 132 valence electrons. The number of nitrogens with one attached hydrogen (secondary N) is 2. The lowest BCUT2D eigenvalue weighted by molar-refractivity contribution is -0.118. The third-order valence-corrected chi connectivity index (χ3v) is 5.81. The average Bonchev–Trinajstić information content (AvgIpc) is 3.18. The van der Waals surface area contributed by atoms with Crippen LogP contribution >= 0.6 is 23.1 Å². The van der Waals surface area contributed by atoms with E-state index in [2.05, 4.69) is 20.3 Å². The van der Waals surface area contributed by atoms with E-state index in [0.29, 0.717) is 17.1 Å². The zero-order chi connectivity index (χ0) is 17.8. The fraction of sp³-hybridized carbons (Fsp3) is 0.375. The van der Waals surface area contributed by atoms with Crippen molar-refractivity contribution in [2.24, 2.45) is 0 Å². The smallest absolute Gasteiger partial charge is 0.260 e. The standard InChI is InChI=1S/C16H19N5O2S2/c1-10-11(2)25-15-13(10)14(23)19-16(20-15)24-8-12(22)18-4-3-6-21-7-5-17-9-21/h5,7,9H,3-4,6,8H2,1-2H3,(H,18,22)(H,19,20,23). The Balaban J connectivity index is 1.50. The van der Waals surface area contributed by atoms with Crippen molar-refractivity contribution < 1.29 is 4.79 Å². The minimum atomic E-state index is -0.143. The minimum Gasteiger partial charge on any atom is -0.355 e. The Bertz CT molecular complexity index is 930. The first-order valence-corrected chi connectivity index (χ1v) is 9.70. The summed E-state index contributed by atoms with van der Waals surface area (Å²) in [5, 5.41) is 4.00. The van der Waals surface area contributed by atoms with Crippen LogP contribution < -0.4 is 10.9 Å². The average molecular weight is 377 g/mol. The molecule has 0 aliphatic rings. The van der Waals surface area contributed by atoms with E-state index in [9.17, 15) is 9.59 Å². The molecule has 0 aromatic carbocycles. The summed E-state index contributed by atoms with van der Waals surface area (Å²) in [5.74, 6) is 0.153. The van der Waals surface area contributed by atoms with Crippen LogP contribution in [-0.2, 0) is 11.3 Å². The SMILES string of the molecule is Cc1sc2nc(SCC(=O)NCCCn3ccnc3)[nH]c(=O)c2c1C. The van der Waals surface area contributed by atoms with Crippen LogP contribution in [0, 0.1) is 13.8 Å². The molecule has 3 heterocycles. The molecule has 9 heteroatoms. The summed E-state index contributed by atoms with van der Waals surface area (Å²) in [6.45, 7) is 5.32. The summed E-state index contributed by atoms with van der Waals surface area (Å²) in [4.78, 5) is 37.1. The van der Waals surface area contributed by atoms with Crippen molar-refractivity contribution >= 4 is 39.2 Å². The molecule has 2 N–H and O–H groups in total. The van der Waals surface area contributed by atoms with Crippen molar-refractivity contribution in [2.45, 2.75) is 32.0 Å². The number of nitrogens with zero attached hydrogens (tertiary/aromatic N) is 3. The van der Waals surface area contributed by atoms with Crippen molar-refractivity contribution in [3.8, 4) is 0 Å². The normalized spacial score (nSPS) is 11.1. The molecular formula is C16H19N5O2S2. The highest BCUT2D eigenvalue weighted by atomic mass is 32.2. The lowest BCUT2D eigenvalue weighted by Crippen LogP contribution is -2.27. The number of rotatable bonds is 7. The molecule has 3 aromatic rings. The number of thiophene rings is 1. The van der Waals surface area contributed by atoms with Gasteiger partial charge in [0.15, 0.2) is 5.16 Å². The van der Waals surface area contributed by atoms with Crippen molar-refractivity contribution in [2.75, 3.05) is 12.3 Å². The zero-order valence-corrected chi connectivity index (χ0v) is 15.7. The van der Waals surface area contributed by atoms with Crippen molar-refractivity contribution in [3.63, 3.8) is 0 Å². The van der Waals surface area contributed by atoms with Gasteiger partial charge in [0.1, 0.15) is 4.83 Å². The maximum absolute atomic E-state index is 12.2. The van der Waals surface area contributed by atoms with Crippen molar-refractivity contribution in [1.29, 1.82) is 0 Å². The van der Waals surface area contributed by atoms with Crippen LogP contribution in [-0.4, -0.2) is 37.7 Å². The molecule has 0 saturated heterocycles. The van der Waals surface area contributed by atoms with Crippen LogP contribution in [0.2, 0.25) is 0 Å². The summed E-state index contributed by atoms with van der Waals surface area (Å²) in [6.07, 6.45) is 6.21. The largest absolute Gasteiger partial charge is 0.355 e. The first kappa shape index (κ1) is 17.7. The third kappa shape index (κ3) is 4.29. The maximum atomic E-state index is 12.2. The number of aryl methyl sites for hydroxylation is 3. The van der Waals surface area contributed by atoms with Gasteiger partial charge < -0.3 is 14.9 Å². The van der Waals surface area contributed by atoms with Gasteiger partial charge >= 0.3 is 0 Å². The molecular weight excluding hydrogens is 358 g/mol. The zero-order valence-electron chi connectivity index (χ0n) is 14.0. The number of hydrogen-bond donors (Lipinski definition) is 2. The fourth-order valence-corrected chi connectivity index (χ4v) is 4.18. The quantitative estimate of drug-likeness (QED) is 0.374. The van der Waals surface area contributed by atoms with Gasteiger partial charge in [-0.05, 0) is 25.8 Å². The summed E-state index contributed by atoms with van der Waals surface area (Å²) < 4.78 is 1.97. The topological polar surface area (TPSA) is 92.7 Å². The second kappa shape index (κ2) is 7.83. The number of fused-ring (bicyclic) bond motifs is 1. The first-order chi connectivity index (χ1) is 12.0. The number of H-pyrrole nitrogens is 1. The molecule has 0 radical (unpaired) electrons. The molecule has 7 nitrogen and oxygen atoms in total. The Morgan fingerprint density at radius 1 is 1.44 bits per heavy atom. The Morgan fingerprint density at radius 3 is 3.04 bits per heavy atom. The molecule has 0 saturated carbocycles. The van der Waals surface area contributed by atoms with Gasteiger partial charge in [0.05, 0.1) is 17.5 Å². The Kier molecular flexibility index (Phi) is 5.54. The maximum Gasteiger partial charge on any atom is 0.260 e. The van der Waals surface area contributed by atoms with Crippen LogP contribution in [0.3, 0.4) is 0 Å². The van der Waals surface area contributed by atoms with E-state index in [1.54, 1.807) is 12.5 Å². The highest BCUT2D eigenvalue weighted by molar-refractivity contribution is 7.99.